The molecular formula is C15H18N6OS. The van der Waals surface area contributed by atoms with Crippen LogP contribution in [-0.2, 0) is 6.54 Å². The number of nitrogens with zero attached hydrogens (tertiary/aromatic N) is 6. The van der Waals surface area contributed by atoms with Crippen molar-refractivity contribution in [2.45, 2.75) is 20.4 Å². The van der Waals surface area contributed by atoms with Gasteiger partial charge < -0.3 is 9.32 Å². The van der Waals surface area contributed by atoms with Crippen LogP contribution in [0.25, 0.3) is 11.2 Å². The molecule has 4 heterocycles. The number of thiazole rings is 1. The number of hydrogen-bond donors (Lipinski definition) is 0. The summed E-state index contributed by atoms with van der Waals surface area (Å²) in [4.78, 5) is 22.2. The molecule has 7 nitrogen and oxygen atoms in total. The van der Waals surface area contributed by atoms with E-state index in [0.29, 0.717) is 11.6 Å². The molecule has 1 saturated heterocycles. The van der Waals surface area contributed by atoms with E-state index in [0.717, 1.165) is 54.8 Å². The fourth-order valence-electron chi connectivity index (χ4n) is 2.91. The fraction of sp³-hybridized carbons (Fsp3) is 0.467. The first-order chi connectivity index (χ1) is 11.2. The molecule has 1 aliphatic rings. The van der Waals surface area contributed by atoms with Crippen LogP contribution in [0.3, 0.4) is 0 Å². The van der Waals surface area contributed by atoms with E-state index in [-0.39, 0.29) is 0 Å². The second-order valence-electron chi connectivity index (χ2n) is 5.70. The minimum absolute atomic E-state index is 0.563. The summed E-state index contributed by atoms with van der Waals surface area (Å²) in [7, 11) is 0. The molecule has 0 amide bonds. The highest BCUT2D eigenvalue weighted by atomic mass is 32.1. The van der Waals surface area contributed by atoms with E-state index >= 15 is 0 Å². The fourth-order valence-corrected chi connectivity index (χ4v) is 3.51. The molecule has 1 aliphatic heterocycles. The molecule has 23 heavy (non-hydrogen) atoms. The molecule has 0 saturated carbocycles. The first-order valence-corrected chi connectivity index (χ1v) is 8.53. The predicted octanol–water partition coefficient (Wildman–Crippen LogP) is 2.01. The Morgan fingerprint density at radius 1 is 1.13 bits per heavy atom. The molecule has 1 fully saturated rings. The molecule has 8 heteroatoms. The van der Waals surface area contributed by atoms with Crippen molar-refractivity contribution in [1.29, 1.82) is 0 Å². The Labute approximate surface area is 138 Å². The summed E-state index contributed by atoms with van der Waals surface area (Å²) in [5, 5.41) is 3.27. The number of aryl methyl sites for hydroxylation is 2. The summed E-state index contributed by atoms with van der Waals surface area (Å²) in [6.07, 6.45) is 1.55. The van der Waals surface area contributed by atoms with Crippen LogP contribution in [0, 0.1) is 13.8 Å². The van der Waals surface area contributed by atoms with E-state index in [2.05, 4.69) is 35.1 Å². The smallest absolute Gasteiger partial charge is 0.252 e. The molecule has 0 aromatic carbocycles. The summed E-state index contributed by atoms with van der Waals surface area (Å²) in [5.41, 5.74) is 2.49. The molecule has 4 rings (SSSR count). The van der Waals surface area contributed by atoms with Gasteiger partial charge in [-0.15, -0.1) is 11.3 Å². The number of oxazole rings is 1. The van der Waals surface area contributed by atoms with E-state index in [1.165, 1.54) is 0 Å². The normalized spacial score (nSPS) is 16.3. The van der Waals surface area contributed by atoms with Gasteiger partial charge in [0.15, 0.2) is 17.2 Å². The minimum atomic E-state index is 0.563. The molecular weight excluding hydrogens is 312 g/mol. The average molecular weight is 330 g/mol. The van der Waals surface area contributed by atoms with Crippen molar-refractivity contribution in [3.63, 3.8) is 0 Å². The van der Waals surface area contributed by atoms with Crippen molar-refractivity contribution in [3.8, 4) is 0 Å². The number of rotatable bonds is 3. The molecule has 120 valence electrons. The lowest BCUT2D eigenvalue weighted by atomic mass is 10.3. The maximum absolute atomic E-state index is 5.50. The molecule has 0 N–H and O–H groups in total. The Bertz CT molecular complexity index is 820. The van der Waals surface area contributed by atoms with Gasteiger partial charge in [-0.25, -0.2) is 15.0 Å². The number of fused-ring (bicyclic) bond motifs is 1. The molecule has 0 bridgehead atoms. The van der Waals surface area contributed by atoms with Crippen LogP contribution in [0.1, 0.15) is 16.6 Å². The molecule has 0 atom stereocenters. The van der Waals surface area contributed by atoms with Gasteiger partial charge in [-0.05, 0) is 6.92 Å². The van der Waals surface area contributed by atoms with Gasteiger partial charge in [0.1, 0.15) is 6.33 Å². The SMILES string of the molecule is Cc1nc2c(N3CCN(Cc4csc(C)n4)CC3)ncnc2o1. The van der Waals surface area contributed by atoms with Crippen LogP contribution in [0.4, 0.5) is 5.82 Å². The predicted molar refractivity (Wildman–Crippen MR) is 88.7 cm³/mol. The zero-order valence-electron chi connectivity index (χ0n) is 13.2. The van der Waals surface area contributed by atoms with Crippen LogP contribution in [-0.4, -0.2) is 51.0 Å². The standard InChI is InChI=1S/C15H18N6OS/c1-10-18-13-14(16-9-17-15(13)22-10)21-5-3-20(4-6-21)7-12-8-23-11(2)19-12/h8-9H,3-7H2,1-2H3. The van der Waals surface area contributed by atoms with Crippen molar-refractivity contribution in [2.75, 3.05) is 31.1 Å². The third-order valence-electron chi connectivity index (χ3n) is 4.01. The summed E-state index contributed by atoms with van der Waals surface area (Å²) < 4.78 is 5.50. The van der Waals surface area contributed by atoms with Gasteiger partial charge in [0, 0.05) is 45.0 Å². The van der Waals surface area contributed by atoms with E-state index in [1.54, 1.807) is 17.7 Å². The monoisotopic (exact) mass is 330 g/mol. The summed E-state index contributed by atoms with van der Waals surface area (Å²) in [5.74, 6) is 1.50. The lowest BCUT2D eigenvalue weighted by Crippen LogP contribution is -2.46. The van der Waals surface area contributed by atoms with Gasteiger partial charge in [-0.1, -0.05) is 0 Å². The molecule has 0 unspecified atom stereocenters. The maximum atomic E-state index is 5.50. The highest BCUT2D eigenvalue weighted by Gasteiger charge is 2.22. The molecule has 3 aromatic heterocycles. The van der Waals surface area contributed by atoms with Gasteiger partial charge in [-0.3, -0.25) is 4.90 Å². The van der Waals surface area contributed by atoms with Crippen molar-refractivity contribution in [2.24, 2.45) is 0 Å². The molecule has 0 radical (unpaired) electrons. The van der Waals surface area contributed by atoms with E-state index in [1.807, 2.05) is 13.8 Å². The second-order valence-corrected chi connectivity index (χ2v) is 6.77. The van der Waals surface area contributed by atoms with Gasteiger partial charge in [0.05, 0.1) is 10.7 Å². The zero-order chi connectivity index (χ0) is 15.8. The van der Waals surface area contributed by atoms with Crippen LogP contribution < -0.4 is 4.90 Å². The zero-order valence-corrected chi connectivity index (χ0v) is 14.0. The Morgan fingerprint density at radius 3 is 2.70 bits per heavy atom. The third kappa shape index (κ3) is 2.91. The number of piperazine rings is 1. The number of anilines is 1. The molecule has 0 spiro atoms. The van der Waals surface area contributed by atoms with Gasteiger partial charge in [0.2, 0.25) is 0 Å². The first-order valence-electron chi connectivity index (χ1n) is 7.65. The average Bonchev–Trinajstić information content (AvgIpc) is 3.12. The van der Waals surface area contributed by atoms with Crippen molar-refractivity contribution >= 4 is 28.4 Å². The van der Waals surface area contributed by atoms with Gasteiger partial charge >= 0.3 is 0 Å². The summed E-state index contributed by atoms with van der Waals surface area (Å²) in [6, 6.07) is 0. The molecule has 3 aromatic rings. The van der Waals surface area contributed by atoms with E-state index in [4.69, 9.17) is 4.42 Å². The van der Waals surface area contributed by atoms with Crippen molar-refractivity contribution in [3.05, 3.63) is 28.3 Å². The Hall–Kier alpha value is -2.06. The highest BCUT2D eigenvalue weighted by molar-refractivity contribution is 7.09. The number of aromatic nitrogens is 4. The highest BCUT2D eigenvalue weighted by Crippen LogP contribution is 2.24. The van der Waals surface area contributed by atoms with Crippen LogP contribution in [0.15, 0.2) is 16.1 Å². The Balaban J connectivity index is 1.46. The van der Waals surface area contributed by atoms with Crippen LogP contribution in [0.5, 0.6) is 0 Å². The van der Waals surface area contributed by atoms with Crippen molar-refractivity contribution < 1.29 is 4.42 Å². The quantitative estimate of drug-likeness (QED) is 0.727. The van der Waals surface area contributed by atoms with E-state index < -0.39 is 0 Å². The Kier molecular flexibility index (Phi) is 3.70. The lowest BCUT2D eigenvalue weighted by molar-refractivity contribution is 0.247. The van der Waals surface area contributed by atoms with Gasteiger partial charge in [0.25, 0.3) is 5.71 Å². The largest absolute Gasteiger partial charge is 0.422 e. The van der Waals surface area contributed by atoms with Crippen LogP contribution >= 0.6 is 11.3 Å². The summed E-state index contributed by atoms with van der Waals surface area (Å²) >= 11 is 1.71. The van der Waals surface area contributed by atoms with E-state index in [9.17, 15) is 0 Å². The summed E-state index contributed by atoms with van der Waals surface area (Å²) in [6.45, 7) is 8.60. The maximum Gasteiger partial charge on any atom is 0.252 e. The Morgan fingerprint density at radius 2 is 1.96 bits per heavy atom. The third-order valence-corrected chi connectivity index (χ3v) is 4.83. The topological polar surface area (TPSA) is 71.2 Å². The second kappa shape index (κ2) is 5.86. The number of hydrogen-bond acceptors (Lipinski definition) is 8. The van der Waals surface area contributed by atoms with Crippen molar-refractivity contribution in [1.82, 2.24) is 24.8 Å². The van der Waals surface area contributed by atoms with Crippen LogP contribution in [0.2, 0.25) is 0 Å². The molecule has 0 aliphatic carbocycles. The van der Waals surface area contributed by atoms with Gasteiger partial charge in [-0.2, -0.15) is 4.98 Å². The lowest BCUT2D eigenvalue weighted by Gasteiger charge is -2.34. The minimum Gasteiger partial charge on any atom is -0.422 e. The first kappa shape index (κ1) is 14.5.